The molecule has 21 heavy (non-hydrogen) atoms. The van der Waals surface area contributed by atoms with Crippen LogP contribution in [0.5, 0.6) is 5.75 Å². The lowest BCUT2D eigenvalue weighted by molar-refractivity contribution is 0.162. The third-order valence-corrected chi connectivity index (χ3v) is 5.19. The Balaban J connectivity index is 0.00000161. The minimum Gasteiger partial charge on any atom is -0.493 e. The molecule has 0 amide bonds. The van der Waals surface area contributed by atoms with Crippen molar-refractivity contribution in [3.63, 3.8) is 0 Å². The molecule has 0 saturated heterocycles. The molecule has 0 radical (unpaired) electrons. The predicted molar refractivity (Wildman–Crippen MR) is 89.5 cm³/mol. The van der Waals surface area contributed by atoms with Crippen LogP contribution < -0.4 is 10.1 Å². The zero-order valence-corrected chi connectivity index (χ0v) is 13.9. The molecule has 3 atom stereocenters. The fraction of sp³-hybridized carbons (Fsp3) is 0.706. The normalized spacial score (nSPS) is 28.2. The lowest BCUT2D eigenvalue weighted by atomic mass is 9.69. The molecule has 2 aliphatic rings. The van der Waals surface area contributed by atoms with Gasteiger partial charge >= 0.3 is 0 Å². The second-order valence-corrected chi connectivity index (χ2v) is 6.44. The molecule has 3 rings (SSSR count). The molecule has 0 spiro atoms. The maximum absolute atomic E-state index is 5.50. The van der Waals surface area contributed by atoms with E-state index in [0.29, 0.717) is 6.04 Å². The van der Waals surface area contributed by atoms with Crippen molar-refractivity contribution in [2.24, 2.45) is 11.8 Å². The lowest BCUT2D eigenvalue weighted by Gasteiger charge is -2.40. The van der Waals surface area contributed by atoms with E-state index in [2.05, 4.69) is 10.3 Å². The van der Waals surface area contributed by atoms with Gasteiger partial charge in [0.25, 0.3) is 0 Å². The van der Waals surface area contributed by atoms with E-state index in [0.717, 1.165) is 29.0 Å². The van der Waals surface area contributed by atoms with Crippen LogP contribution in [0.2, 0.25) is 0 Å². The van der Waals surface area contributed by atoms with Crippen LogP contribution in [0, 0.1) is 18.8 Å². The summed E-state index contributed by atoms with van der Waals surface area (Å²) in [6.45, 7) is 2.00. The largest absolute Gasteiger partial charge is 0.493 e. The van der Waals surface area contributed by atoms with Crippen LogP contribution in [0.15, 0.2) is 12.3 Å². The van der Waals surface area contributed by atoms with Gasteiger partial charge in [-0.05, 0) is 44.1 Å². The Morgan fingerprint density at radius 2 is 1.90 bits per heavy atom. The molecular weight excluding hydrogens is 284 g/mol. The van der Waals surface area contributed by atoms with Gasteiger partial charge in [0.2, 0.25) is 0 Å². The smallest absolute Gasteiger partial charge is 0.163 e. The fourth-order valence-electron chi connectivity index (χ4n) is 4.15. The van der Waals surface area contributed by atoms with E-state index in [1.54, 1.807) is 7.11 Å². The Labute approximate surface area is 134 Å². The van der Waals surface area contributed by atoms with E-state index in [1.165, 1.54) is 44.9 Å². The van der Waals surface area contributed by atoms with E-state index in [-0.39, 0.29) is 12.4 Å². The van der Waals surface area contributed by atoms with Crippen molar-refractivity contribution in [1.82, 2.24) is 4.98 Å². The molecule has 1 N–H and O–H groups in total. The number of nitrogens with one attached hydrogen (secondary N) is 1. The highest BCUT2D eigenvalue weighted by Gasteiger charge is 2.32. The molecule has 0 aliphatic heterocycles. The van der Waals surface area contributed by atoms with Gasteiger partial charge in [0.15, 0.2) is 5.75 Å². The number of fused-ring (bicyclic) bond motifs is 1. The molecule has 1 aromatic heterocycles. The number of hydrogen-bond donors (Lipinski definition) is 1. The van der Waals surface area contributed by atoms with Crippen molar-refractivity contribution in [1.29, 1.82) is 0 Å². The minimum atomic E-state index is 0. The summed E-state index contributed by atoms with van der Waals surface area (Å²) >= 11 is 0. The van der Waals surface area contributed by atoms with Crippen molar-refractivity contribution >= 4 is 18.1 Å². The number of anilines is 1. The Hall–Kier alpha value is -0.960. The van der Waals surface area contributed by atoms with Gasteiger partial charge < -0.3 is 10.1 Å². The molecule has 1 aromatic rings. The maximum Gasteiger partial charge on any atom is 0.163 e. The highest BCUT2D eigenvalue weighted by atomic mass is 35.5. The van der Waals surface area contributed by atoms with E-state index in [4.69, 9.17) is 4.74 Å². The van der Waals surface area contributed by atoms with Crippen LogP contribution in [0.4, 0.5) is 5.69 Å². The fourth-order valence-corrected chi connectivity index (χ4v) is 4.15. The molecule has 4 heteroatoms. The standard InChI is InChI=1S/C17H26N2O.ClH/c1-12-17(20-2)16(9-10-18-12)19-15-8-7-13-5-3-4-6-14(13)11-15;/h9-10,13-15H,3-8,11H2,1-2H3,(H,18,19);1H/t13-,14?,15-;/m1./s1. The van der Waals surface area contributed by atoms with E-state index in [9.17, 15) is 0 Å². The zero-order valence-electron chi connectivity index (χ0n) is 13.1. The third-order valence-electron chi connectivity index (χ3n) is 5.19. The number of methoxy groups -OCH3 is 1. The number of rotatable bonds is 3. The van der Waals surface area contributed by atoms with Gasteiger partial charge in [-0.15, -0.1) is 12.4 Å². The van der Waals surface area contributed by atoms with Crippen LogP contribution >= 0.6 is 12.4 Å². The van der Waals surface area contributed by atoms with Crippen LogP contribution in [0.1, 0.15) is 50.6 Å². The Morgan fingerprint density at radius 1 is 1.14 bits per heavy atom. The van der Waals surface area contributed by atoms with Gasteiger partial charge in [-0.1, -0.05) is 25.7 Å². The Kier molecular flexibility index (Phi) is 5.74. The van der Waals surface area contributed by atoms with Crippen molar-refractivity contribution < 1.29 is 4.74 Å². The lowest BCUT2D eigenvalue weighted by Crippen LogP contribution is -2.34. The first-order valence-corrected chi connectivity index (χ1v) is 8.04. The summed E-state index contributed by atoms with van der Waals surface area (Å²) in [5.74, 6) is 2.85. The predicted octanol–water partition coefficient (Wildman–Crippen LogP) is 4.59. The first kappa shape index (κ1) is 16.4. The number of aromatic nitrogens is 1. The SMILES string of the molecule is COc1c(N[C@@H]2CC[C@H]3CCCCC3C2)ccnc1C.Cl. The van der Waals surface area contributed by atoms with Crippen molar-refractivity contribution in [3.8, 4) is 5.75 Å². The maximum atomic E-state index is 5.50. The number of aryl methyl sites for hydroxylation is 1. The van der Waals surface area contributed by atoms with Crippen molar-refractivity contribution in [2.75, 3.05) is 12.4 Å². The summed E-state index contributed by atoms with van der Waals surface area (Å²) in [5.41, 5.74) is 2.07. The number of halogens is 1. The quantitative estimate of drug-likeness (QED) is 0.886. The number of pyridine rings is 1. The highest BCUT2D eigenvalue weighted by molar-refractivity contribution is 5.85. The van der Waals surface area contributed by atoms with Crippen molar-refractivity contribution in [3.05, 3.63) is 18.0 Å². The summed E-state index contributed by atoms with van der Waals surface area (Å²) < 4.78 is 5.50. The third kappa shape index (κ3) is 3.63. The molecule has 0 aromatic carbocycles. The van der Waals surface area contributed by atoms with Crippen LogP contribution in [0.3, 0.4) is 0 Å². The molecule has 2 fully saturated rings. The van der Waals surface area contributed by atoms with Gasteiger partial charge in [0.1, 0.15) is 0 Å². The highest BCUT2D eigenvalue weighted by Crippen LogP contribution is 2.41. The first-order chi connectivity index (χ1) is 9.78. The summed E-state index contributed by atoms with van der Waals surface area (Å²) in [7, 11) is 1.73. The number of ether oxygens (including phenoxy) is 1. The van der Waals surface area contributed by atoms with Crippen LogP contribution in [-0.2, 0) is 0 Å². The van der Waals surface area contributed by atoms with E-state index in [1.807, 2.05) is 19.2 Å². The van der Waals surface area contributed by atoms with Gasteiger partial charge in [0.05, 0.1) is 18.5 Å². The Morgan fingerprint density at radius 3 is 2.67 bits per heavy atom. The minimum absolute atomic E-state index is 0. The molecule has 1 heterocycles. The van der Waals surface area contributed by atoms with Crippen molar-refractivity contribution in [2.45, 2.75) is 57.9 Å². The van der Waals surface area contributed by atoms with Gasteiger partial charge in [0, 0.05) is 12.2 Å². The number of nitrogens with zero attached hydrogens (tertiary/aromatic N) is 1. The molecule has 2 aliphatic carbocycles. The summed E-state index contributed by atoms with van der Waals surface area (Å²) in [6.07, 6.45) is 11.7. The first-order valence-electron chi connectivity index (χ1n) is 8.04. The Bertz CT molecular complexity index is 466. The molecule has 3 nitrogen and oxygen atoms in total. The summed E-state index contributed by atoms with van der Waals surface area (Å²) in [5, 5.41) is 3.71. The topological polar surface area (TPSA) is 34.1 Å². The van der Waals surface area contributed by atoms with Gasteiger partial charge in [-0.2, -0.15) is 0 Å². The zero-order chi connectivity index (χ0) is 13.9. The molecule has 2 saturated carbocycles. The van der Waals surface area contributed by atoms with Gasteiger partial charge in [-0.25, -0.2) is 0 Å². The van der Waals surface area contributed by atoms with E-state index < -0.39 is 0 Å². The molecule has 1 unspecified atom stereocenters. The van der Waals surface area contributed by atoms with Gasteiger partial charge in [-0.3, -0.25) is 4.98 Å². The second-order valence-electron chi connectivity index (χ2n) is 6.44. The van der Waals surface area contributed by atoms with Crippen LogP contribution in [0.25, 0.3) is 0 Å². The number of hydrogen-bond acceptors (Lipinski definition) is 3. The van der Waals surface area contributed by atoms with Crippen LogP contribution in [-0.4, -0.2) is 18.1 Å². The molecule has 0 bridgehead atoms. The molecular formula is C17H27ClN2O. The summed E-state index contributed by atoms with van der Waals surface area (Å²) in [6, 6.07) is 2.64. The van der Waals surface area contributed by atoms with E-state index >= 15 is 0 Å². The monoisotopic (exact) mass is 310 g/mol. The average Bonchev–Trinajstić information content (AvgIpc) is 2.47. The molecule has 118 valence electrons. The summed E-state index contributed by atoms with van der Waals surface area (Å²) in [4.78, 5) is 4.30. The second kappa shape index (κ2) is 7.35. The average molecular weight is 311 g/mol.